The van der Waals surface area contributed by atoms with Crippen molar-refractivity contribution in [3.63, 3.8) is 0 Å². The summed E-state index contributed by atoms with van der Waals surface area (Å²) < 4.78 is 18.4. The van der Waals surface area contributed by atoms with Gasteiger partial charge in [-0.25, -0.2) is 9.18 Å². The van der Waals surface area contributed by atoms with Gasteiger partial charge >= 0.3 is 5.97 Å². The molecule has 1 amide bonds. The summed E-state index contributed by atoms with van der Waals surface area (Å²) in [5.74, 6) is -2.22. The number of carbonyl (C=O) groups excluding carboxylic acids is 2. The maximum absolute atomic E-state index is 13.2. The summed E-state index contributed by atoms with van der Waals surface area (Å²) in [6, 6.07) is 2.20. The standard InChI is InChI=1S/C15H20FNO4/c1-9(14(20)21-15(2,3)4)17(5)13(19)11-8-10(16)6-7-12(11)18/h6-9,18H,1-5H3/t9-/m1/s1. The van der Waals surface area contributed by atoms with Crippen molar-refractivity contribution in [2.45, 2.75) is 39.3 Å². The largest absolute Gasteiger partial charge is 0.507 e. The molecule has 0 fully saturated rings. The number of halogens is 1. The Morgan fingerprint density at radius 3 is 2.43 bits per heavy atom. The molecule has 0 saturated heterocycles. The van der Waals surface area contributed by atoms with E-state index in [1.54, 1.807) is 20.8 Å². The van der Waals surface area contributed by atoms with Gasteiger partial charge in [-0.05, 0) is 45.9 Å². The molecule has 0 saturated carbocycles. The van der Waals surface area contributed by atoms with Crippen LogP contribution in [0.2, 0.25) is 0 Å². The average molecular weight is 297 g/mol. The van der Waals surface area contributed by atoms with Crippen LogP contribution in [0.15, 0.2) is 18.2 Å². The summed E-state index contributed by atoms with van der Waals surface area (Å²) >= 11 is 0. The molecule has 116 valence electrons. The molecule has 0 unspecified atom stereocenters. The van der Waals surface area contributed by atoms with Crippen molar-refractivity contribution in [2.75, 3.05) is 7.05 Å². The van der Waals surface area contributed by atoms with Gasteiger partial charge in [0.15, 0.2) is 0 Å². The summed E-state index contributed by atoms with van der Waals surface area (Å²) in [5, 5.41) is 9.63. The molecule has 1 aromatic carbocycles. The Balaban J connectivity index is 2.92. The van der Waals surface area contributed by atoms with E-state index in [4.69, 9.17) is 4.74 Å². The predicted octanol–water partition coefficient (Wildman–Crippen LogP) is 2.33. The highest BCUT2D eigenvalue weighted by atomic mass is 19.1. The molecule has 5 nitrogen and oxygen atoms in total. The number of benzene rings is 1. The Hall–Kier alpha value is -2.11. The van der Waals surface area contributed by atoms with Gasteiger partial charge in [0.25, 0.3) is 5.91 Å². The first kappa shape index (κ1) is 16.9. The number of hydrogen-bond acceptors (Lipinski definition) is 4. The van der Waals surface area contributed by atoms with E-state index in [0.717, 1.165) is 23.1 Å². The first-order valence-corrected chi connectivity index (χ1v) is 6.51. The minimum absolute atomic E-state index is 0.201. The molecule has 1 atom stereocenters. The van der Waals surface area contributed by atoms with Crippen LogP contribution < -0.4 is 0 Å². The number of aromatic hydroxyl groups is 1. The second-order valence-corrected chi connectivity index (χ2v) is 5.79. The highest BCUT2D eigenvalue weighted by Crippen LogP contribution is 2.21. The van der Waals surface area contributed by atoms with Gasteiger partial charge < -0.3 is 14.7 Å². The number of carbonyl (C=O) groups is 2. The molecule has 1 rings (SSSR count). The fourth-order valence-corrected chi connectivity index (χ4v) is 1.59. The third-order valence-corrected chi connectivity index (χ3v) is 2.84. The van der Waals surface area contributed by atoms with E-state index in [-0.39, 0.29) is 11.3 Å². The second-order valence-electron chi connectivity index (χ2n) is 5.79. The fourth-order valence-electron chi connectivity index (χ4n) is 1.59. The number of hydrogen-bond donors (Lipinski definition) is 1. The molecule has 0 spiro atoms. The van der Waals surface area contributed by atoms with E-state index in [2.05, 4.69) is 0 Å². The molecule has 1 aromatic rings. The number of likely N-dealkylation sites (N-methyl/N-ethyl adjacent to an activating group) is 1. The number of rotatable bonds is 3. The normalized spacial score (nSPS) is 12.7. The third-order valence-electron chi connectivity index (χ3n) is 2.84. The quantitative estimate of drug-likeness (QED) is 0.870. The van der Waals surface area contributed by atoms with Crippen LogP contribution in [-0.2, 0) is 9.53 Å². The second kappa shape index (κ2) is 6.11. The van der Waals surface area contributed by atoms with Crippen LogP contribution in [0, 0.1) is 5.82 Å². The van der Waals surface area contributed by atoms with Crippen LogP contribution >= 0.6 is 0 Å². The first-order chi connectivity index (χ1) is 9.53. The lowest BCUT2D eigenvalue weighted by Crippen LogP contribution is -2.43. The maximum atomic E-state index is 13.2. The number of phenols is 1. The lowest BCUT2D eigenvalue weighted by Gasteiger charge is -2.27. The molecular weight excluding hydrogens is 277 g/mol. The fraction of sp³-hybridized carbons (Fsp3) is 0.467. The van der Waals surface area contributed by atoms with Crippen molar-refractivity contribution in [1.29, 1.82) is 0 Å². The van der Waals surface area contributed by atoms with Gasteiger partial charge in [0, 0.05) is 7.05 Å². The Morgan fingerprint density at radius 2 is 1.90 bits per heavy atom. The minimum Gasteiger partial charge on any atom is -0.507 e. The van der Waals surface area contributed by atoms with Crippen LogP contribution in [0.25, 0.3) is 0 Å². The minimum atomic E-state index is -0.862. The Bertz CT molecular complexity index is 551. The van der Waals surface area contributed by atoms with E-state index in [0.29, 0.717) is 0 Å². The zero-order chi connectivity index (χ0) is 16.4. The molecule has 0 aromatic heterocycles. The van der Waals surface area contributed by atoms with Crippen molar-refractivity contribution < 1.29 is 23.8 Å². The van der Waals surface area contributed by atoms with Crippen LogP contribution in [0.4, 0.5) is 4.39 Å². The Kier molecular flexibility index (Phi) is 4.93. The van der Waals surface area contributed by atoms with E-state index in [1.165, 1.54) is 14.0 Å². The van der Waals surface area contributed by atoms with Crippen LogP contribution in [0.3, 0.4) is 0 Å². The van der Waals surface area contributed by atoms with Crippen molar-refractivity contribution in [3.05, 3.63) is 29.6 Å². The lowest BCUT2D eigenvalue weighted by molar-refractivity contribution is -0.159. The zero-order valence-electron chi connectivity index (χ0n) is 12.8. The van der Waals surface area contributed by atoms with Crippen LogP contribution in [0.5, 0.6) is 5.75 Å². The summed E-state index contributed by atoms with van der Waals surface area (Å²) in [5.41, 5.74) is -0.871. The highest BCUT2D eigenvalue weighted by Gasteiger charge is 2.29. The van der Waals surface area contributed by atoms with Gasteiger partial charge in [-0.1, -0.05) is 0 Å². The smallest absolute Gasteiger partial charge is 0.329 e. The summed E-state index contributed by atoms with van der Waals surface area (Å²) in [6.45, 7) is 6.66. The first-order valence-electron chi connectivity index (χ1n) is 6.51. The van der Waals surface area contributed by atoms with E-state index < -0.39 is 29.3 Å². The van der Waals surface area contributed by atoms with Crippen molar-refractivity contribution in [1.82, 2.24) is 4.90 Å². The zero-order valence-corrected chi connectivity index (χ0v) is 12.8. The van der Waals surface area contributed by atoms with Gasteiger partial charge in [-0.2, -0.15) is 0 Å². The Labute approximate surface area is 123 Å². The molecule has 0 bridgehead atoms. The number of ether oxygens (including phenoxy) is 1. The molecule has 1 N–H and O–H groups in total. The summed E-state index contributed by atoms with van der Waals surface area (Å²) in [6.07, 6.45) is 0. The van der Waals surface area contributed by atoms with Gasteiger partial charge in [0.2, 0.25) is 0 Å². The van der Waals surface area contributed by atoms with Gasteiger partial charge in [-0.3, -0.25) is 4.79 Å². The van der Waals surface area contributed by atoms with Gasteiger partial charge in [0.05, 0.1) is 5.56 Å². The molecule has 21 heavy (non-hydrogen) atoms. The van der Waals surface area contributed by atoms with Crippen molar-refractivity contribution >= 4 is 11.9 Å². The molecule has 0 aliphatic carbocycles. The lowest BCUT2D eigenvalue weighted by atomic mass is 10.1. The van der Waals surface area contributed by atoms with Crippen molar-refractivity contribution in [2.24, 2.45) is 0 Å². The van der Waals surface area contributed by atoms with E-state index >= 15 is 0 Å². The third kappa shape index (κ3) is 4.44. The van der Waals surface area contributed by atoms with Gasteiger partial charge in [-0.15, -0.1) is 0 Å². The molecule has 0 heterocycles. The number of esters is 1. The average Bonchev–Trinajstić information content (AvgIpc) is 2.37. The van der Waals surface area contributed by atoms with Gasteiger partial charge in [0.1, 0.15) is 23.2 Å². The predicted molar refractivity (Wildman–Crippen MR) is 75.5 cm³/mol. The molecular formula is C15H20FNO4. The SMILES string of the molecule is C[C@H](C(=O)OC(C)(C)C)N(C)C(=O)c1cc(F)ccc1O. The monoisotopic (exact) mass is 297 g/mol. The van der Waals surface area contributed by atoms with E-state index in [9.17, 15) is 19.1 Å². The number of phenolic OH excluding ortho intramolecular Hbond substituents is 1. The number of amides is 1. The number of nitrogens with zero attached hydrogens (tertiary/aromatic N) is 1. The maximum Gasteiger partial charge on any atom is 0.329 e. The molecule has 0 aliphatic heterocycles. The van der Waals surface area contributed by atoms with Crippen LogP contribution in [0.1, 0.15) is 38.1 Å². The van der Waals surface area contributed by atoms with Crippen molar-refractivity contribution in [3.8, 4) is 5.75 Å². The van der Waals surface area contributed by atoms with Crippen LogP contribution in [-0.4, -0.2) is 40.6 Å². The molecule has 0 aliphatic rings. The Morgan fingerprint density at radius 1 is 1.33 bits per heavy atom. The summed E-state index contributed by atoms with van der Waals surface area (Å²) in [4.78, 5) is 25.3. The topological polar surface area (TPSA) is 66.8 Å². The highest BCUT2D eigenvalue weighted by molar-refractivity contribution is 5.98. The molecule has 6 heteroatoms. The summed E-state index contributed by atoms with van der Waals surface area (Å²) in [7, 11) is 1.39. The molecule has 0 radical (unpaired) electrons. The van der Waals surface area contributed by atoms with E-state index in [1.807, 2.05) is 0 Å².